The van der Waals surface area contributed by atoms with E-state index in [0.29, 0.717) is 12.3 Å². The number of rotatable bonds is 4. The molecular weight excluding hydrogens is 226 g/mol. The maximum Gasteiger partial charge on any atom is 0.157 e. The average Bonchev–Trinajstić information content (AvgIpc) is 2.76. The van der Waals surface area contributed by atoms with Gasteiger partial charge in [-0.15, -0.1) is 0 Å². The Morgan fingerprint density at radius 1 is 1.67 bits per heavy atom. The molecule has 1 aromatic heterocycles. The first-order valence-electron chi connectivity index (χ1n) is 6.87. The Morgan fingerprint density at radius 3 is 3.06 bits per heavy atom. The quantitative estimate of drug-likeness (QED) is 0.887. The molecule has 1 heterocycles. The van der Waals surface area contributed by atoms with E-state index < -0.39 is 5.54 Å². The zero-order valence-electron chi connectivity index (χ0n) is 11.4. The number of nitrogens with two attached hydrogens (primary N) is 1. The van der Waals surface area contributed by atoms with Gasteiger partial charge in [-0.25, -0.2) is 0 Å². The molecule has 1 aliphatic carbocycles. The Morgan fingerprint density at radius 2 is 2.44 bits per heavy atom. The molecule has 2 atom stereocenters. The lowest BCUT2D eigenvalue weighted by Gasteiger charge is -2.35. The Hall–Kier alpha value is -1.16. The van der Waals surface area contributed by atoms with E-state index in [2.05, 4.69) is 12.0 Å². The minimum absolute atomic E-state index is 0.171. The van der Waals surface area contributed by atoms with Crippen molar-refractivity contribution in [1.82, 2.24) is 9.78 Å². The fourth-order valence-corrected chi connectivity index (χ4v) is 2.88. The van der Waals surface area contributed by atoms with Crippen molar-refractivity contribution in [1.29, 1.82) is 0 Å². The van der Waals surface area contributed by atoms with Gasteiger partial charge in [-0.3, -0.25) is 9.48 Å². The van der Waals surface area contributed by atoms with E-state index in [1.807, 2.05) is 17.8 Å². The van der Waals surface area contributed by atoms with Gasteiger partial charge in [0.05, 0.1) is 11.7 Å². The number of hydrogen-bond donors (Lipinski definition) is 1. The van der Waals surface area contributed by atoms with E-state index in [0.717, 1.165) is 31.4 Å². The van der Waals surface area contributed by atoms with Crippen molar-refractivity contribution >= 4 is 5.78 Å². The van der Waals surface area contributed by atoms with Gasteiger partial charge < -0.3 is 5.73 Å². The Labute approximate surface area is 109 Å². The standard InChI is InChI=1S/C14H23N3O/c1-3-17-10-12(9-16-17)7-13(18)14(15)6-4-5-11(2)8-14/h9-11H,3-8,15H2,1-2H3. The highest BCUT2D eigenvalue weighted by molar-refractivity contribution is 5.90. The van der Waals surface area contributed by atoms with Crippen molar-refractivity contribution in [2.24, 2.45) is 11.7 Å². The lowest BCUT2D eigenvalue weighted by Crippen LogP contribution is -2.51. The van der Waals surface area contributed by atoms with Crippen LogP contribution in [0.5, 0.6) is 0 Å². The number of carbonyl (C=O) groups excluding carboxylic acids is 1. The summed E-state index contributed by atoms with van der Waals surface area (Å²) in [4.78, 5) is 12.4. The molecule has 0 radical (unpaired) electrons. The highest BCUT2D eigenvalue weighted by atomic mass is 16.1. The summed E-state index contributed by atoms with van der Waals surface area (Å²) in [5.41, 5.74) is 6.67. The third-order valence-corrected chi connectivity index (χ3v) is 3.96. The highest BCUT2D eigenvalue weighted by Crippen LogP contribution is 2.31. The van der Waals surface area contributed by atoms with Crippen LogP contribution in [0, 0.1) is 5.92 Å². The molecular formula is C14H23N3O. The van der Waals surface area contributed by atoms with Crippen LogP contribution in [0.4, 0.5) is 0 Å². The van der Waals surface area contributed by atoms with Crippen LogP contribution in [-0.2, 0) is 17.8 Å². The first-order chi connectivity index (χ1) is 8.53. The van der Waals surface area contributed by atoms with E-state index in [-0.39, 0.29) is 5.78 Å². The monoisotopic (exact) mass is 249 g/mol. The van der Waals surface area contributed by atoms with E-state index in [4.69, 9.17) is 5.73 Å². The minimum atomic E-state index is -0.605. The van der Waals surface area contributed by atoms with Crippen LogP contribution in [0.25, 0.3) is 0 Å². The molecule has 18 heavy (non-hydrogen) atoms. The van der Waals surface area contributed by atoms with Gasteiger partial charge in [-0.1, -0.05) is 19.8 Å². The topological polar surface area (TPSA) is 60.9 Å². The Kier molecular flexibility index (Phi) is 3.85. The second-order valence-electron chi connectivity index (χ2n) is 5.66. The summed E-state index contributed by atoms with van der Waals surface area (Å²) in [5.74, 6) is 0.732. The molecule has 1 aliphatic rings. The van der Waals surface area contributed by atoms with Crippen molar-refractivity contribution in [3.8, 4) is 0 Å². The summed E-state index contributed by atoms with van der Waals surface area (Å²) in [7, 11) is 0. The number of Topliss-reactive ketones (excluding diaryl/α,β-unsaturated/α-hetero) is 1. The lowest BCUT2D eigenvalue weighted by molar-refractivity contribution is -0.125. The zero-order chi connectivity index (χ0) is 13.2. The third-order valence-electron chi connectivity index (χ3n) is 3.96. The number of aryl methyl sites for hydroxylation is 1. The first-order valence-corrected chi connectivity index (χ1v) is 6.87. The molecule has 4 nitrogen and oxygen atoms in total. The van der Waals surface area contributed by atoms with Crippen LogP contribution in [-0.4, -0.2) is 21.1 Å². The van der Waals surface area contributed by atoms with Crippen LogP contribution in [0.1, 0.15) is 45.1 Å². The number of ketones is 1. The lowest BCUT2D eigenvalue weighted by atomic mass is 9.73. The van der Waals surface area contributed by atoms with Crippen molar-refractivity contribution in [2.45, 2.75) is 58.0 Å². The summed E-state index contributed by atoms with van der Waals surface area (Å²) in [5, 5.41) is 4.19. The Bertz CT molecular complexity index is 426. The Balaban J connectivity index is 2.02. The van der Waals surface area contributed by atoms with Crippen molar-refractivity contribution in [2.75, 3.05) is 0 Å². The average molecular weight is 249 g/mol. The fourth-order valence-electron chi connectivity index (χ4n) is 2.88. The van der Waals surface area contributed by atoms with Gasteiger partial charge in [0.15, 0.2) is 5.78 Å². The molecule has 0 bridgehead atoms. The summed E-state index contributed by atoms with van der Waals surface area (Å²) >= 11 is 0. The molecule has 100 valence electrons. The van der Waals surface area contributed by atoms with Gasteiger partial charge in [0.2, 0.25) is 0 Å². The smallest absolute Gasteiger partial charge is 0.157 e. The third kappa shape index (κ3) is 2.80. The molecule has 1 fully saturated rings. The summed E-state index contributed by atoms with van der Waals surface area (Å²) in [6.45, 7) is 5.05. The molecule has 0 amide bonds. The molecule has 0 aromatic carbocycles. The SMILES string of the molecule is CCn1cc(CC(=O)C2(N)CCCC(C)C2)cn1. The van der Waals surface area contributed by atoms with Crippen LogP contribution in [0.3, 0.4) is 0 Å². The van der Waals surface area contributed by atoms with E-state index in [9.17, 15) is 4.79 Å². The van der Waals surface area contributed by atoms with Crippen molar-refractivity contribution < 1.29 is 4.79 Å². The molecule has 0 saturated heterocycles. The van der Waals surface area contributed by atoms with Crippen LogP contribution in [0.15, 0.2) is 12.4 Å². The van der Waals surface area contributed by atoms with Crippen molar-refractivity contribution in [3.63, 3.8) is 0 Å². The van der Waals surface area contributed by atoms with Crippen LogP contribution in [0.2, 0.25) is 0 Å². The normalized spacial score (nSPS) is 28.3. The van der Waals surface area contributed by atoms with Crippen molar-refractivity contribution in [3.05, 3.63) is 18.0 Å². The second-order valence-corrected chi connectivity index (χ2v) is 5.66. The number of carbonyl (C=O) groups is 1. The maximum atomic E-state index is 12.4. The molecule has 0 aliphatic heterocycles. The highest BCUT2D eigenvalue weighted by Gasteiger charge is 2.37. The van der Waals surface area contributed by atoms with E-state index in [1.165, 1.54) is 6.42 Å². The number of hydrogen-bond acceptors (Lipinski definition) is 3. The summed E-state index contributed by atoms with van der Waals surface area (Å²) in [6.07, 6.45) is 8.05. The molecule has 1 saturated carbocycles. The van der Waals surface area contributed by atoms with E-state index >= 15 is 0 Å². The van der Waals surface area contributed by atoms with Gasteiger partial charge in [0.1, 0.15) is 0 Å². The predicted octanol–water partition coefficient (Wildman–Crippen LogP) is 1.92. The maximum absolute atomic E-state index is 12.4. The van der Waals surface area contributed by atoms with E-state index in [1.54, 1.807) is 6.20 Å². The minimum Gasteiger partial charge on any atom is -0.319 e. The van der Waals surface area contributed by atoms with Gasteiger partial charge in [-0.2, -0.15) is 5.10 Å². The number of aromatic nitrogens is 2. The van der Waals surface area contributed by atoms with Crippen LogP contribution >= 0.6 is 0 Å². The van der Waals surface area contributed by atoms with Gasteiger partial charge in [0.25, 0.3) is 0 Å². The summed E-state index contributed by atoms with van der Waals surface area (Å²) in [6, 6.07) is 0. The molecule has 2 rings (SSSR count). The van der Waals surface area contributed by atoms with Crippen LogP contribution < -0.4 is 5.73 Å². The molecule has 2 N–H and O–H groups in total. The molecule has 0 spiro atoms. The summed E-state index contributed by atoms with van der Waals surface area (Å²) < 4.78 is 1.84. The zero-order valence-corrected chi connectivity index (χ0v) is 11.4. The first kappa shape index (κ1) is 13.3. The largest absolute Gasteiger partial charge is 0.319 e. The molecule has 1 aromatic rings. The number of nitrogens with zero attached hydrogens (tertiary/aromatic N) is 2. The molecule has 4 heteroatoms. The molecule has 2 unspecified atom stereocenters. The van der Waals surface area contributed by atoms with Gasteiger partial charge >= 0.3 is 0 Å². The van der Waals surface area contributed by atoms with Gasteiger partial charge in [0, 0.05) is 19.2 Å². The van der Waals surface area contributed by atoms with Gasteiger partial charge in [-0.05, 0) is 31.2 Å². The predicted molar refractivity (Wildman–Crippen MR) is 71.2 cm³/mol. The second kappa shape index (κ2) is 5.22. The fraction of sp³-hybridized carbons (Fsp3) is 0.714.